The zero-order valence-corrected chi connectivity index (χ0v) is 9.91. The van der Waals surface area contributed by atoms with Gasteiger partial charge in [0.1, 0.15) is 36.0 Å². The summed E-state index contributed by atoms with van der Waals surface area (Å²) in [6, 6.07) is 0. The van der Waals surface area contributed by atoms with Gasteiger partial charge in [-0.3, -0.25) is 0 Å². The molecule has 1 saturated heterocycles. The summed E-state index contributed by atoms with van der Waals surface area (Å²) in [5, 5.41) is 47.5. The van der Waals surface area contributed by atoms with Gasteiger partial charge in [-0.1, -0.05) is 0 Å². The van der Waals surface area contributed by atoms with Gasteiger partial charge in [-0.15, -0.1) is 11.8 Å². The Kier molecular flexibility index (Phi) is 4.99. The summed E-state index contributed by atoms with van der Waals surface area (Å²) >= 11 is 1.16. The van der Waals surface area contributed by atoms with Crippen LogP contribution in [0.2, 0.25) is 0 Å². The highest BCUT2D eigenvalue weighted by atomic mass is 32.2. The molecule has 16 heavy (non-hydrogen) atoms. The molecule has 0 aromatic heterocycles. The van der Waals surface area contributed by atoms with Gasteiger partial charge in [0.05, 0.1) is 6.10 Å². The molecule has 0 aromatic rings. The molecule has 1 aliphatic rings. The maximum absolute atomic E-state index is 9.63. The van der Waals surface area contributed by atoms with Crippen LogP contribution in [-0.2, 0) is 4.74 Å². The fourth-order valence-corrected chi connectivity index (χ4v) is 2.30. The summed E-state index contributed by atoms with van der Waals surface area (Å²) in [7, 11) is 0. The molecule has 96 valence electrons. The molecule has 0 aliphatic carbocycles. The number of rotatable bonds is 3. The van der Waals surface area contributed by atoms with Gasteiger partial charge in [-0.25, -0.2) is 0 Å². The number of thioether (sulfide) groups is 1. The molecular formula is C9H18O6S. The first-order valence-electron chi connectivity index (χ1n) is 4.98. The summed E-state index contributed by atoms with van der Waals surface area (Å²) in [5.41, 5.74) is -0.739. The first kappa shape index (κ1) is 14.2. The Morgan fingerprint density at radius 3 is 2.06 bits per heavy atom. The number of ether oxygens (including phenoxy) is 1. The van der Waals surface area contributed by atoms with Crippen molar-refractivity contribution in [2.24, 2.45) is 0 Å². The molecule has 6 nitrogen and oxygen atoms in total. The van der Waals surface area contributed by atoms with Crippen molar-refractivity contribution in [3.63, 3.8) is 0 Å². The van der Waals surface area contributed by atoms with Crippen molar-refractivity contribution in [1.29, 1.82) is 0 Å². The van der Waals surface area contributed by atoms with Crippen molar-refractivity contribution in [3.8, 4) is 0 Å². The first-order chi connectivity index (χ1) is 7.40. The lowest BCUT2D eigenvalue weighted by Crippen LogP contribution is -2.61. The lowest BCUT2D eigenvalue weighted by atomic mass is 9.94. The van der Waals surface area contributed by atoms with E-state index in [4.69, 9.17) is 4.74 Å². The zero-order chi connectivity index (χ0) is 12.5. The lowest BCUT2D eigenvalue weighted by molar-refractivity contribution is -0.230. The van der Waals surface area contributed by atoms with Gasteiger partial charge in [0.25, 0.3) is 0 Å². The highest BCUT2D eigenvalue weighted by Gasteiger charge is 2.46. The standard InChI is InChI=1S/C9H18O6S/c1-3(10)4(11)8-6(13)5(12)7(14)9(15-8)16-2/h3-14H,1-2H3/t3-,4?,5+,6-,7-,8-,9-/m1/s1. The molecule has 7 atom stereocenters. The third kappa shape index (κ3) is 2.67. The van der Waals surface area contributed by atoms with Gasteiger partial charge in [-0.2, -0.15) is 0 Å². The van der Waals surface area contributed by atoms with Crippen molar-refractivity contribution in [3.05, 3.63) is 0 Å². The van der Waals surface area contributed by atoms with E-state index in [1.54, 1.807) is 6.26 Å². The molecule has 0 spiro atoms. The Bertz CT molecular complexity index is 224. The Morgan fingerprint density at radius 2 is 1.62 bits per heavy atom. The quantitative estimate of drug-likeness (QED) is 0.392. The van der Waals surface area contributed by atoms with Crippen LogP contribution in [0.3, 0.4) is 0 Å². The van der Waals surface area contributed by atoms with E-state index in [1.807, 2.05) is 0 Å². The molecule has 0 aromatic carbocycles. The minimum atomic E-state index is -1.43. The Morgan fingerprint density at radius 1 is 1.06 bits per heavy atom. The van der Waals surface area contributed by atoms with Crippen LogP contribution >= 0.6 is 11.8 Å². The van der Waals surface area contributed by atoms with E-state index in [9.17, 15) is 25.5 Å². The number of aliphatic hydroxyl groups is 5. The van der Waals surface area contributed by atoms with Crippen LogP contribution in [-0.4, -0.2) is 73.8 Å². The van der Waals surface area contributed by atoms with Crippen molar-refractivity contribution in [2.45, 2.75) is 49.0 Å². The topological polar surface area (TPSA) is 110 Å². The number of aliphatic hydroxyl groups excluding tert-OH is 5. The van der Waals surface area contributed by atoms with Gasteiger partial charge >= 0.3 is 0 Å². The number of hydrogen-bond acceptors (Lipinski definition) is 7. The zero-order valence-electron chi connectivity index (χ0n) is 9.09. The minimum absolute atomic E-state index is 0.739. The molecule has 1 heterocycles. The molecule has 1 unspecified atom stereocenters. The van der Waals surface area contributed by atoms with Crippen molar-refractivity contribution >= 4 is 11.8 Å². The smallest absolute Gasteiger partial charge is 0.132 e. The molecular weight excluding hydrogens is 236 g/mol. The molecule has 1 rings (SSSR count). The van der Waals surface area contributed by atoms with Crippen molar-refractivity contribution in [2.75, 3.05) is 6.26 Å². The average Bonchev–Trinajstić information content (AvgIpc) is 2.25. The predicted octanol–water partition coefficient (Wildman–Crippen LogP) is -2.10. The van der Waals surface area contributed by atoms with E-state index < -0.39 is 42.1 Å². The SMILES string of the molecule is CS[C@H]1O[C@H](C(O)[C@@H](C)O)[C@H](O)[C@H](O)[C@H]1O. The van der Waals surface area contributed by atoms with Crippen LogP contribution in [0.1, 0.15) is 6.92 Å². The molecule has 5 N–H and O–H groups in total. The van der Waals surface area contributed by atoms with Crippen LogP contribution < -0.4 is 0 Å². The summed E-state index contributed by atoms with van der Waals surface area (Å²) in [5.74, 6) is 0. The number of hydrogen-bond donors (Lipinski definition) is 5. The van der Waals surface area contributed by atoms with Crippen LogP contribution in [0.4, 0.5) is 0 Å². The monoisotopic (exact) mass is 254 g/mol. The molecule has 0 amide bonds. The molecule has 0 saturated carbocycles. The fraction of sp³-hybridized carbons (Fsp3) is 1.00. The maximum atomic E-state index is 9.63. The maximum Gasteiger partial charge on any atom is 0.132 e. The predicted molar refractivity (Wildman–Crippen MR) is 57.9 cm³/mol. The highest BCUT2D eigenvalue weighted by Crippen LogP contribution is 2.29. The summed E-state index contributed by atoms with van der Waals surface area (Å²) in [6.45, 7) is 1.35. The molecule has 0 radical (unpaired) electrons. The third-order valence-corrected chi connectivity index (χ3v) is 3.52. The van der Waals surface area contributed by atoms with E-state index in [1.165, 1.54) is 6.92 Å². The Balaban J connectivity index is 2.78. The second-order valence-electron chi connectivity index (χ2n) is 3.91. The average molecular weight is 254 g/mol. The van der Waals surface area contributed by atoms with E-state index in [-0.39, 0.29) is 0 Å². The van der Waals surface area contributed by atoms with Gasteiger partial charge in [0.15, 0.2) is 0 Å². The molecule has 1 aliphatic heterocycles. The van der Waals surface area contributed by atoms with Crippen LogP contribution in [0.25, 0.3) is 0 Å². The van der Waals surface area contributed by atoms with E-state index in [0.717, 1.165) is 11.8 Å². The van der Waals surface area contributed by atoms with E-state index in [0.29, 0.717) is 0 Å². The van der Waals surface area contributed by atoms with Crippen LogP contribution in [0.5, 0.6) is 0 Å². The van der Waals surface area contributed by atoms with E-state index in [2.05, 4.69) is 0 Å². The lowest BCUT2D eigenvalue weighted by Gasteiger charge is -2.42. The van der Waals surface area contributed by atoms with E-state index >= 15 is 0 Å². The highest BCUT2D eigenvalue weighted by molar-refractivity contribution is 7.99. The second kappa shape index (κ2) is 5.63. The largest absolute Gasteiger partial charge is 0.391 e. The molecule has 0 bridgehead atoms. The second-order valence-corrected chi connectivity index (χ2v) is 4.84. The Hall–Kier alpha value is 0.110. The fourth-order valence-electron chi connectivity index (χ4n) is 1.63. The van der Waals surface area contributed by atoms with Crippen molar-refractivity contribution in [1.82, 2.24) is 0 Å². The molecule has 7 heteroatoms. The molecule has 1 fully saturated rings. The minimum Gasteiger partial charge on any atom is -0.391 e. The summed E-state index contributed by atoms with van der Waals surface area (Å²) in [6.07, 6.45) is -5.90. The van der Waals surface area contributed by atoms with Crippen molar-refractivity contribution < 1.29 is 30.3 Å². The summed E-state index contributed by atoms with van der Waals surface area (Å²) in [4.78, 5) is 0. The van der Waals surface area contributed by atoms with Gasteiger partial charge in [0, 0.05) is 0 Å². The van der Waals surface area contributed by atoms with Crippen LogP contribution in [0.15, 0.2) is 0 Å². The normalized spacial score (nSPS) is 44.1. The van der Waals surface area contributed by atoms with Gasteiger partial charge < -0.3 is 30.3 Å². The third-order valence-electron chi connectivity index (χ3n) is 2.67. The summed E-state index contributed by atoms with van der Waals surface area (Å²) < 4.78 is 5.25. The van der Waals surface area contributed by atoms with Gasteiger partial charge in [0.2, 0.25) is 0 Å². The first-order valence-corrected chi connectivity index (χ1v) is 6.27. The van der Waals surface area contributed by atoms with Gasteiger partial charge in [-0.05, 0) is 13.2 Å². The van der Waals surface area contributed by atoms with Crippen LogP contribution in [0, 0.1) is 0 Å². The Labute approximate surface area is 97.9 Å².